The first-order valence-corrected chi connectivity index (χ1v) is 7.18. The molecule has 6 nitrogen and oxygen atoms in total. The molecule has 1 amide bonds. The van der Waals surface area contributed by atoms with Gasteiger partial charge in [-0.1, -0.05) is 6.92 Å². The second kappa shape index (κ2) is 6.32. The van der Waals surface area contributed by atoms with Crippen molar-refractivity contribution >= 4 is 15.9 Å². The van der Waals surface area contributed by atoms with Crippen LogP contribution in [0.15, 0.2) is 0 Å². The molecule has 17 heavy (non-hydrogen) atoms. The van der Waals surface area contributed by atoms with Crippen LogP contribution in [-0.2, 0) is 14.8 Å². The van der Waals surface area contributed by atoms with Gasteiger partial charge in [0.25, 0.3) is 0 Å². The lowest BCUT2D eigenvalue weighted by Crippen LogP contribution is -2.53. The number of carbonyl (C=O) groups excluding carboxylic acids is 1. The highest BCUT2D eigenvalue weighted by Gasteiger charge is 2.26. The van der Waals surface area contributed by atoms with E-state index in [0.717, 1.165) is 4.31 Å². The average Bonchev–Trinajstić information content (AvgIpc) is 2.16. The molecule has 0 aliphatic carbocycles. The van der Waals surface area contributed by atoms with Gasteiger partial charge in [0.05, 0.1) is 11.3 Å². The number of amides is 1. The molecule has 0 spiro atoms. The maximum Gasteiger partial charge on any atom is 0.239 e. The molecule has 0 bridgehead atoms. The summed E-state index contributed by atoms with van der Waals surface area (Å²) in [7, 11) is -0.310. The van der Waals surface area contributed by atoms with Crippen LogP contribution in [0.25, 0.3) is 0 Å². The number of rotatable bonds is 7. The van der Waals surface area contributed by atoms with Crippen LogP contribution < -0.4 is 10.6 Å². The van der Waals surface area contributed by atoms with E-state index >= 15 is 0 Å². The van der Waals surface area contributed by atoms with Gasteiger partial charge in [0.15, 0.2) is 0 Å². The molecule has 0 aromatic rings. The van der Waals surface area contributed by atoms with Crippen molar-refractivity contribution < 1.29 is 13.2 Å². The van der Waals surface area contributed by atoms with Crippen LogP contribution >= 0.6 is 0 Å². The van der Waals surface area contributed by atoms with E-state index in [9.17, 15) is 13.2 Å². The predicted octanol–water partition coefficient (Wildman–Crippen LogP) is -0.618. The van der Waals surface area contributed by atoms with Crippen molar-refractivity contribution in [1.29, 1.82) is 0 Å². The monoisotopic (exact) mass is 265 g/mol. The SMILES string of the molecule is CCNC(C)(C)C(=O)NCCS(=O)(=O)N(C)C. The zero-order valence-corrected chi connectivity index (χ0v) is 12.0. The van der Waals surface area contributed by atoms with Crippen LogP contribution in [0.4, 0.5) is 0 Å². The van der Waals surface area contributed by atoms with Gasteiger partial charge in [-0.3, -0.25) is 4.79 Å². The molecule has 0 fully saturated rings. The smallest absolute Gasteiger partial charge is 0.239 e. The number of likely N-dealkylation sites (N-methyl/N-ethyl adjacent to an activating group) is 1. The molecule has 0 unspecified atom stereocenters. The molecule has 0 saturated heterocycles. The molecular weight excluding hydrogens is 242 g/mol. The molecule has 0 aliphatic rings. The van der Waals surface area contributed by atoms with E-state index < -0.39 is 15.6 Å². The first-order valence-electron chi connectivity index (χ1n) is 5.57. The molecule has 2 N–H and O–H groups in total. The summed E-state index contributed by atoms with van der Waals surface area (Å²) in [6.07, 6.45) is 0. The van der Waals surface area contributed by atoms with Crippen LogP contribution in [0, 0.1) is 0 Å². The molecule has 0 saturated carbocycles. The van der Waals surface area contributed by atoms with E-state index in [1.807, 2.05) is 6.92 Å². The number of nitrogens with zero attached hydrogens (tertiary/aromatic N) is 1. The van der Waals surface area contributed by atoms with Crippen molar-refractivity contribution in [2.45, 2.75) is 26.3 Å². The Morgan fingerprint density at radius 1 is 1.29 bits per heavy atom. The van der Waals surface area contributed by atoms with Crippen molar-refractivity contribution in [2.24, 2.45) is 0 Å². The summed E-state index contributed by atoms with van der Waals surface area (Å²) in [4.78, 5) is 11.7. The maximum atomic E-state index is 11.7. The number of hydrogen-bond acceptors (Lipinski definition) is 4. The highest BCUT2D eigenvalue weighted by Crippen LogP contribution is 2.01. The molecular formula is C10H23N3O3S. The topological polar surface area (TPSA) is 78.5 Å². The Balaban J connectivity index is 4.19. The molecule has 0 rings (SSSR count). The molecule has 0 heterocycles. The predicted molar refractivity (Wildman–Crippen MR) is 68.2 cm³/mol. The van der Waals surface area contributed by atoms with Gasteiger partial charge in [-0.2, -0.15) is 0 Å². The fourth-order valence-electron chi connectivity index (χ4n) is 1.22. The van der Waals surface area contributed by atoms with Crippen LogP contribution in [0.1, 0.15) is 20.8 Å². The zero-order valence-electron chi connectivity index (χ0n) is 11.2. The lowest BCUT2D eigenvalue weighted by molar-refractivity contribution is -0.126. The van der Waals surface area contributed by atoms with E-state index in [1.54, 1.807) is 13.8 Å². The Bertz CT molecular complexity index is 350. The summed E-state index contributed by atoms with van der Waals surface area (Å²) < 4.78 is 24.0. The largest absolute Gasteiger partial charge is 0.353 e. The lowest BCUT2D eigenvalue weighted by atomic mass is 10.1. The summed E-state index contributed by atoms with van der Waals surface area (Å²) in [5.41, 5.74) is -0.684. The third kappa shape index (κ3) is 5.47. The second-order valence-corrected chi connectivity index (χ2v) is 6.81. The highest BCUT2D eigenvalue weighted by molar-refractivity contribution is 7.89. The van der Waals surface area contributed by atoms with E-state index in [4.69, 9.17) is 0 Å². The van der Waals surface area contributed by atoms with Crippen LogP contribution in [0.2, 0.25) is 0 Å². The summed E-state index contributed by atoms with van der Waals surface area (Å²) in [5.74, 6) is -0.290. The van der Waals surface area contributed by atoms with E-state index in [0.29, 0.717) is 6.54 Å². The second-order valence-electron chi connectivity index (χ2n) is 4.51. The number of carbonyl (C=O) groups is 1. The minimum atomic E-state index is -3.25. The Hall–Kier alpha value is -0.660. The van der Waals surface area contributed by atoms with Gasteiger partial charge < -0.3 is 10.6 Å². The Morgan fingerprint density at radius 2 is 1.82 bits per heavy atom. The van der Waals surface area contributed by atoms with Gasteiger partial charge in [0.1, 0.15) is 0 Å². The van der Waals surface area contributed by atoms with Crippen molar-refractivity contribution in [3.63, 3.8) is 0 Å². The Kier molecular flexibility index (Phi) is 6.08. The molecule has 0 radical (unpaired) electrons. The van der Waals surface area contributed by atoms with Gasteiger partial charge in [-0.05, 0) is 20.4 Å². The first kappa shape index (κ1) is 16.3. The standard InChI is InChI=1S/C10H23N3O3S/c1-6-12-10(2,3)9(14)11-7-8-17(15,16)13(4)5/h12H,6-8H2,1-5H3,(H,11,14). The van der Waals surface area contributed by atoms with Gasteiger partial charge in [0, 0.05) is 20.6 Å². The normalized spacial score (nSPS) is 12.8. The third-order valence-corrected chi connectivity index (χ3v) is 4.22. The first-order chi connectivity index (χ1) is 7.63. The number of nitrogens with one attached hydrogen (secondary N) is 2. The van der Waals surface area contributed by atoms with E-state index in [1.165, 1.54) is 14.1 Å². The molecule has 0 atom stereocenters. The maximum absolute atomic E-state index is 11.7. The molecule has 102 valence electrons. The number of hydrogen-bond donors (Lipinski definition) is 2. The zero-order chi connectivity index (χ0) is 13.7. The lowest BCUT2D eigenvalue weighted by Gasteiger charge is -2.24. The Labute approximate surface area is 104 Å². The summed E-state index contributed by atoms with van der Waals surface area (Å²) >= 11 is 0. The summed E-state index contributed by atoms with van der Waals surface area (Å²) in [6, 6.07) is 0. The van der Waals surface area contributed by atoms with Gasteiger partial charge in [-0.25, -0.2) is 12.7 Å². The average molecular weight is 265 g/mol. The quantitative estimate of drug-likeness (QED) is 0.643. The van der Waals surface area contributed by atoms with Crippen molar-refractivity contribution in [2.75, 3.05) is 32.9 Å². The van der Waals surface area contributed by atoms with E-state index in [2.05, 4.69) is 10.6 Å². The molecule has 0 aliphatic heterocycles. The van der Waals surface area contributed by atoms with Crippen molar-refractivity contribution in [3.8, 4) is 0 Å². The summed E-state index contributed by atoms with van der Waals surface area (Å²) in [6.45, 7) is 6.22. The van der Waals surface area contributed by atoms with Gasteiger partial charge in [0.2, 0.25) is 15.9 Å². The summed E-state index contributed by atoms with van der Waals surface area (Å²) in [5, 5.41) is 5.63. The fourth-order valence-corrected chi connectivity index (χ4v) is 1.94. The van der Waals surface area contributed by atoms with Crippen LogP contribution in [0.5, 0.6) is 0 Å². The minimum absolute atomic E-state index is 0.0893. The van der Waals surface area contributed by atoms with Crippen molar-refractivity contribution in [1.82, 2.24) is 14.9 Å². The van der Waals surface area contributed by atoms with Gasteiger partial charge >= 0.3 is 0 Å². The van der Waals surface area contributed by atoms with Crippen LogP contribution in [0.3, 0.4) is 0 Å². The minimum Gasteiger partial charge on any atom is -0.353 e. The van der Waals surface area contributed by atoms with Gasteiger partial charge in [-0.15, -0.1) is 0 Å². The Morgan fingerprint density at radius 3 is 2.24 bits per heavy atom. The molecule has 0 aromatic heterocycles. The third-order valence-electron chi connectivity index (χ3n) is 2.39. The highest BCUT2D eigenvalue weighted by atomic mass is 32.2. The molecule has 0 aromatic carbocycles. The number of sulfonamides is 1. The van der Waals surface area contributed by atoms with E-state index in [-0.39, 0.29) is 18.2 Å². The molecule has 7 heteroatoms. The fraction of sp³-hybridized carbons (Fsp3) is 0.900. The van der Waals surface area contributed by atoms with Crippen molar-refractivity contribution in [3.05, 3.63) is 0 Å². The van der Waals surface area contributed by atoms with Crippen LogP contribution in [-0.4, -0.2) is 57.1 Å².